The molecule has 1 heterocycles. The van der Waals surface area contributed by atoms with E-state index in [9.17, 15) is 0 Å². The van der Waals surface area contributed by atoms with Gasteiger partial charge in [-0.2, -0.15) is 0 Å². The first kappa shape index (κ1) is 26.9. The van der Waals surface area contributed by atoms with Crippen LogP contribution in [-0.4, -0.2) is 37.7 Å². The van der Waals surface area contributed by atoms with Crippen molar-refractivity contribution < 1.29 is 0 Å². The van der Waals surface area contributed by atoms with E-state index < -0.39 is 0 Å². The van der Waals surface area contributed by atoms with Crippen molar-refractivity contribution >= 4 is 0 Å². The Bertz CT molecular complexity index is 302. The monoisotopic (exact) mass is 409 g/mol. The van der Waals surface area contributed by atoms with Crippen molar-refractivity contribution in [3.63, 3.8) is 0 Å². The summed E-state index contributed by atoms with van der Waals surface area (Å²) in [6, 6.07) is 0. The number of nitrogens with zero attached hydrogens (tertiary/aromatic N) is 1. The molecule has 0 saturated carbocycles. The van der Waals surface area contributed by atoms with Crippen molar-refractivity contribution in [3.05, 3.63) is 0 Å². The van der Waals surface area contributed by atoms with Crippen LogP contribution in [0.4, 0.5) is 0 Å². The summed E-state index contributed by atoms with van der Waals surface area (Å²) in [4.78, 5) is 0. The molecule has 174 valence electrons. The average molecular weight is 410 g/mol. The van der Waals surface area contributed by atoms with Crippen molar-refractivity contribution in [3.8, 4) is 0 Å². The normalized spacial score (nSPS) is 15.2. The summed E-state index contributed by atoms with van der Waals surface area (Å²) in [5, 5.41) is 5.78. The minimum absolute atomic E-state index is 1.13. The van der Waals surface area contributed by atoms with E-state index in [2.05, 4.69) is 22.7 Å². The number of nitrogens with one attached hydrogen (secondary N) is 2. The van der Waals surface area contributed by atoms with Crippen LogP contribution in [0.1, 0.15) is 135 Å². The van der Waals surface area contributed by atoms with E-state index in [1.165, 1.54) is 135 Å². The number of hydrogen-bond donors (Lipinski definition) is 2. The van der Waals surface area contributed by atoms with E-state index in [0.29, 0.717) is 0 Å². The fraction of sp³-hybridized carbons (Fsp3) is 1.00. The van der Waals surface area contributed by atoms with Crippen molar-refractivity contribution in [1.82, 2.24) is 15.8 Å². The lowest BCUT2D eigenvalue weighted by atomic mass is 10.0. The van der Waals surface area contributed by atoms with Gasteiger partial charge in [0.2, 0.25) is 0 Å². The molecule has 3 nitrogen and oxygen atoms in total. The van der Waals surface area contributed by atoms with Crippen LogP contribution in [-0.2, 0) is 0 Å². The summed E-state index contributed by atoms with van der Waals surface area (Å²) in [6.45, 7) is 8.03. The molecular formula is C26H55N3. The van der Waals surface area contributed by atoms with Gasteiger partial charge in [-0.05, 0) is 6.42 Å². The highest BCUT2D eigenvalue weighted by molar-refractivity contribution is 4.63. The van der Waals surface area contributed by atoms with Crippen LogP contribution in [0.5, 0.6) is 0 Å². The maximum absolute atomic E-state index is 3.57. The van der Waals surface area contributed by atoms with Gasteiger partial charge in [0, 0.05) is 32.7 Å². The summed E-state index contributed by atoms with van der Waals surface area (Å²) in [5.74, 6) is 0. The molecule has 1 aliphatic rings. The Morgan fingerprint density at radius 1 is 0.517 bits per heavy atom. The molecule has 0 amide bonds. The minimum atomic E-state index is 1.13. The van der Waals surface area contributed by atoms with Crippen molar-refractivity contribution in [2.24, 2.45) is 0 Å². The molecule has 0 aromatic heterocycles. The molecule has 0 aliphatic carbocycles. The number of rotatable bonds is 22. The molecule has 29 heavy (non-hydrogen) atoms. The number of unbranched alkanes of at least 4 members (excludes halogenated alkanes) is 19. The first-order valence-electron chi connectivity index (χ1n) is 13.6. The second-order valence-electron chi connectivity index (χ2n) is 9.36. The molecule has 0 unspecified atom stereocenters. The van der Waals surface area contributed by atoms with Gasteiger partial charge in [-0.15, -0.1) is 0 Å². The molecule has 0 bridgehead atoms. The Morgan fingerprint density at radius 3 is 1.24 bits per heavy atom. The number of hydrogen-bond acceptors (Lipinski definition) is 3. The highest BCUT2D eigenvalue weighted by Gasteiger charge is 2.07. The van der Waals surface area contributed by atoms with Crippen LogP contribution in [0, 0.1) is 0 Å². The third-order valence-electron chi connectivity index (χ3n) is 6.48. The zero-order valence-corrected chi connectivity index (χ0v) is 20.1. The number of piperazine rings is 1. The SMILES string of the molecule is CCCCCCCCCCCCCCCCCCCCCCNN1CCNCC1. The molecule has 0 aromatic rings. The Hall–Kier alpha value is -0.120. The lowest BCUT2D eigenvalue weighted by Crippen LogP contribution is -2.50. The summed E-state index contributed by atoms with van der Waals surface area (Å²) in [7, 11) is 0. The van der Waals surface area contributed by atoms with Crippen LogP contribution in [0.3, 0.4) is 0 Å². The Balaban J connectivity index is 1.63. The van der Waals surface area contributed by atoms with Crippen molar-refractivity contribution in [1.29, 1.82) is 0 Å². The van der Waals surface area contributed by atoms with Gasteiger partial charge in [-0.3, -0.25) is 5.43 Å². The third-order valence-corrected chi connectivity index (χ3v) is 6.48. The van der Waals surface area contributed by atoms with Crippen LogP contribution < -0.4 is 10.7 Å². The summed E-state index contributed by atoms with van der Waals surface area (Å²) >= 11 is 0. The van der Waals surface area contributed by atoms with E-state index >= 15 is 0 Å². The Morgan fingerprint density at radius 2 is 0.862 bits per heavy atom. The van der Waals surface area contributed by atoms with E-state index in [4.69, 9.17) is 0 Å². The van der Waals surface area contributed by atoms with Crippen LogP contribution in [0.25, 0.3) is 0 Å². The van der Waals surface area contributed by atoms with Gasteiger partial charge < -0.3 is 5.32 Å². The van der Waals surface area contributed by atoms with E-state index in [1.54, 1.807) is 0 Å². The first-order valence-corrected chi connectivity index (χ1v) is 13.6. The average Bonchev–Trinajstić information content (AvgIpc) is 2.75. The van der Waals surface area contributed by atoms with Gasteiger partial charge >= 0.3 is 0 Å². The minimum Gasteiger partial charge on any atom is -0.314 e. The lowest BCUT2D eigenvalue weighted by molar-refractivity contribution is 0.163. The predicted molar refractivity (Wildman–Crippen MR) is 130 cm³/mol. The summed E-state index contributed by atoms with van der Waals surface area (Å²) in [6.07, 6.45) is 29.1. The molecule has 0 aromatic carbocycles. The molecule has 3 heteroatoms. The van der Waals surface area contributed by atoms with Gasteiger partial charge in [0.25, 0.3) is 0 Å². The van der Waals surface area contributed by atoms with Crippen molar-refractivity contribution in [2.45, 2.75) is 135 Å². The topological polar surface area (TPSA) is 27.3 Å². The van der Waals surface area contributed by atoms with E-state index in [-0.39, 0.29) is 0 Å². The zero-order chi connectivity index (χ0) is 20.7. The van der Waals surface area contributed by atoms with Crippen molar-refractivity contribution in [2.75, 3.05) is 32.7 Å². The maximum Gasteiger partial charge on any atom is 0.0256 e. The molecule has 0 radical (unpaired) electrons. The Labute approximate surface area is 184 Å². The fourth-order valence-electron chi connectivity index (χ4n) is 4.44. The quantitative estimate of drug-likeness (QED) is 0.185. The fourth-order valence-corrected chi connectivity index (χ4v) is 4.44. The standard InChI is InChI=1S/C26H55N3/c1-2-3-4-5-6-7-8-9-10-11-12-13-14-15-16-17-18-19-20-21-22-28-29-25-23-27-24-26-29/h27-28H,2-26H2,1H3. The molecular weight excluding hydrogens is 354 g/mol. The smallest absolute Gasteiger partial charge is 0.0256 e. The second kappa shape index (κ2) is 22.6. The molecule has 0 spiro atoms. The van der Waals surface area contributed by atoms with Crippen LogP contribution >= 0.6 is 0 Å². The molecule has 2 N–H and O–H groups in total. The molecule has 0 atom stereocenters. The van der Waals surface area contributed by atoms with Crippen LogP contribution in [0.15, 0.2) is 0 Å². The van der Waals surface area contributed by atoms with Gasteiger partial charge in [0.1, 0.15) is 0 Å². The molecule has 1 saturated heterocycles. The predicted octanol–water partition coefficient (Wildman–Crippen LogP) is 7.22. The number of hydrazine groups is 1. The largest absolute Gasteiger partial charge is 0.314 e. The zero-order valence-electron chi connectivity index (χ0n) is 20.1. The summed E-state index contributed by atoms with van der Waals surface area (Å²) < 4.78 is 0. The highest BCUT2D eigenvalue weighted by atomic mass is 15.5. The van der Waals surface area contributed by atoms with Gasteiger partial charge in [0.05, 0.1) is 0 Å². The lowest BCUT2D eigenvalue weighted by Gasteiger charge is -2.27. The third kappa shape index (κ3) is 19.6. The van der Waals surface area contributed by atoms with E-state index in [1.807, 2.05) is 0 Å². The van der Waals surface area contributed by atoms with Gasteiger partial charge in [-0.1, -0.05) is 129 Å². The first-order chi connectivity index (χ1) is 14.4. The highest BCUT2D eigenvalue weighted by Crippen LogP contribution is 2.14. The Kier molecular flexibility index (Phi) is 20.9. The molecule has 1 rings (SSSR count). The van der Waals surface area contributed by atoms with Gasteiger partial charge in [-0.25, -0.2) is 5.01 Å². The summed E-state index contributed by atoms with van der Waals surface area (Å²) in [5.41, 5.74) is 3.57. The maximum atomic E-state index is 3.57. The van der Waals surface area contributed by atoms with Crippen LogP contribution in [0.2, 0.25) is 0 Å². The second-order valence-corrected chi connectivity index (χ2v) is 9.36. The molecule has 1 aliphatic heterocycles. The van der Waals surface area contributed by atoms with E-state index in [0.717, 1.165) is 26.2 Å². The molecule has 1 fully saturated rings. The van der Waals surface area contributed by atoms with Gasteiger partial charge in [0.15, 0.2) is 0 Å².